The van der Waals surface area contributed by atoms with Gasteiger partial charge in [-0.3, -0.25) is 0 Å². The topological polar surface area (TPSA) is 117 Å². The van der Waals surface area contributed by atoms with Crippen LogP contribution in [-0.2, 0) is 14.2 Å². The van der Waals surface area contributed by atoms with Crippen LogP contribution < -0.4 is 0 Å². The van der Waals surface area contributed by atoms with E-state index in [1.54, 1.807) is 0 Å². The fourth-order valence-electron chi connectivity index (χ4n) is 2.56. The number of hydrogen-bond acceptors (Lipinski definition) is 6. The van der Waals surface area contributed by atoms with Crippen LogP contribution in [0.2, 0.25) is 0 Å². The van der Waals surface area contributed by atoms with Gasteiger partial charge in [-0.1, -0.05) is 35.4 Å². The van der Waals surface area contributed by atoms with Crippen molar-refractivity contribution >= 4 is 0 Å². The second kappa shape index (κ2) is 5.98. The van der Waals surface area contributed by atoms with Crippen LogP contribution >= 0.6 is 0 Å². The summed E-state index contributed by atoms with van der Waals surface area (Å²) in [6.45, 7) is 0.168. The molecule has 2 aliphatic heterocycles. The van der Waals surface area contributed by atoms with E-state index >= 15 is 0 Å². The summed E-state index contributed by atoms with van der Waals surface area (Å²) in [7, 11) is 0. The molecule has 8 heteroatoms. The number of fused-ring (bicyclic) bond motifs is 1. The van der Waals surface area contributed by atoms with E-state index in [1.807, 2.05) is 30.3 Å². The summed E-state index contributed by atoms with van der Waals surface area (Å²) >= 11 is 0. The third-order valence-electron chi connectivity index (χ3n) is 3.61. The van der Waals surface area contributed by atoms with Crippen LogP contribution in [-0.4, -0.2) is 47.5 Å². The first kappa shape index (κ1) is 14.3. The molecule has 0 radical (unpaired) electrons. The Hall–Kier alpha value is -1.67. The van der Waals surface area contributed by atoms with Crippen molar-refractivity contribution in [2.45, 2.75) is 36.9 Å². The van der Waals surface area contributed by atoms with E-state index in [4.69, 9.17) is 19.7 Å². The van der Waals surface area contributed by atoms with Crippen molar-refractivity contribution in [2.24, 2.45) is 5.11 Å². The number of rotatable bonds is 2. The van der Waals surface area contributed by atoms with Crippen LogP contribution in [0.1, 0.15) is 11.9 Å². The first-order valence-corrected chi connectivity index (χ1v) is 6.58. The van der Waals surface area contributed by atoms with Gasteiger partial charge in [0, 0.05) is 10.5 Å². The van der Waals surface area contributed by atoms with Crippen molar-refractivity contribution in [3.05, 3.63) is 46.3 Å². The van der Waals surface area contributed by atoms with Gasteiger partial charge in [0.2, 0.25) is 0 Å². The lowest BCUT2D eigenvalue weighted by atomic mass is 9.96. The van der Waals surface area contributed by atoms with Crippen molar-refractivity contribution in [1.29, 1.82) is 0 Å². The van der Waals surface area contributed by atoms with Crippen molar-refractivity contribution in [2.75, 3.05) is 6.61 Å². The number of benzene rings is 1. The third-order valence-corrected chi connectivity index (χ3v) is 3.61. The average molecular weight is 293 g/mol. The molecule has 2 saturated heterocycles. The Morgan fingerprint density at radius 3 is 2.67 bits per heavy atom. The number of ether oxygens (including phenoxy) is 3. The second-order valence-corrected chi connectivity index (χ2v) is 4.93. The lowest BCUT2D eigenvalue weighted by Gasteiger charge is -2.45. The quantitative estimate of drug-likeness (QED) is 0.476. The van der Waals surface area contributed by atoms with Gasteiger partial charge in [0.25, 0.3) is 0 Å². The molecule has 1 aromatic carbocycles. The molecule has 0 spiro atoms. The summed E-state index contributed by atoms with van der Waals surface area (Å²) in [5.41, 5.74) is 9.31. The van der Waals surface area contributed by atoms with Gasteiger partial charge in [0.15, 0.2) is 12.6 Å². The van der Waals surface area contributed by atoms with Crippen molar-refractivity contribution in [3.8, 4) is 0 Å². The van der Waals surface area contributed by atoms with Crippen LogP contribution in [0, 0.1) is 0 Å². The zero-order valence-electron chi connectivity index (χ0n) is 11.0. The average Bonchev–Trinajstić information content (AvgIpc) is 2.52. The largest absolute Gasteiger partial charge is 0.390 e. The van der Waals surface area contributed by atoms with Crippen LogP contribution in [0.4, 0.5) is 0 Å². The van der Waals surface area contributed by atoms with Gasteiger partial charge in [-0.15, -0.1) is 0 Å². The minimum absolute atomic E-state index is 0.168. The van der Waals surface area contributed by atoms with E-state index in [9.17, 15) is 10.2 Å². The smallest absolute Gasteiger partial charge is 0.184 e. The van der Waals surface area contributed by atoms with E-state index in [-0.39, 0.29) is 6.61 Å². The summed E-state index contributed by atoms with van der Waals surface area (Å²) in [5.74, 6) is 0. The number of nitrogens with zero attached hydrogens (tertiary/aromatic N) is 3. The number of azide groups is 1. The Bertz CT molecular complexity index is 536. The minimum atomic E-state index is -1.38. The zero-order valence-corrected chi connectivity index (χ0v) is 11.0. The fourth-order valence-corrected chi connectivity index (χ4v) is 2.56. The van der Waals surface area contributed by atoms with Crippen molar-refractivity contribution in [3.63, 3.8) is 0 Å². The molecule has 0 aliphatic carbocycles. The molecule has 0 aromatic heterocycles. The minimum Gasteiger partial charge on any atom is -0.390 e. The predicted molar refractivity (Wildman–Crippen MR) is 69.8 cm³/mol. The molecular formula is C13H15N3O5. The maximum absolute atomic E-state index is 10.2. The second-order valence-electron chi connectivity index (χ2n) is 4.93. The molecule has 2 aliphatic rings. The van der Waals surface area contributed by atoms with Crippen LogP contribution in [0.5, 0.6) is 0 Å². The fraction of sp³-hybridized carbons (Fsp3) is 0.538. The van der Waals surface area contributed by atoms with E-state index in [2.05, 4.69) is 10.0 Å². The van der Waals surface area contributed by atoms with Crippen molar-refractivity contribution < 1.29 is 24.4 Å². The number of aliphatic hydroxyl groups excluding tert-OH is 2. The van der Waals surface area contributed by atoms with Gasteiger partial charge in [0.05, 0.1) is 12.7 Å². The number of aliphatic hydroxyl groups is 2. The highest BCUT2D eigenvalue weighted by Gasteiger charge is 2.48. The maximum atomic E-state index is 10.2. The molecule has 3 rings (SSSR count). The first-order chi connectivity index (χ1) is 10.2. The molecule has 8 nitrogen and oxygen atoms in total. The van der Waals surface area contributed by atoms with Gasteiger partial charge in [-0.05, 0) is 5.53 Å². The third kappa shape index (κ3) is 2.73. The summed E-state index contributed by atoms with van der Waals surface area (Å²) in [6.07, 6.45) is -4.52. The van der Waals surface area contributed by atoms with Gasteiger partial charge in [0.1, 0.15) is 18.2 Å². The Labute approximate surface area is 120 Å². The molecule has 112 valence electrons. The lowest BCUT2D eigenvalue weighted by molar-refractivity contribution is -0.335. The Morgan fingerprint density at radius 2 is 1.95 bits per heavy atom. The molecule has 21 heavy (non-hydrogen) atoms. The van der Waals surface area contributed by atoms with Crippen LogP contribution in [0.15, 0.2) is 35.4 Å². The Morgan fingerprint density at radius 1 is 1.19 bits per heavy atom. The highest BCUT2D eigenvalue weighted by molar-refractivity contribution is 5.16. The Balaban J connectivity index is 1.78. The highest BCUT2D eigenvalue weighted by atomic mass is 16.7. The highest BCUT2D eigenvalue weighted by Crippen LogP contribution is 2.34. The molecule has 2 fully saturated rings. The lowest BCUT2D eigenvalue weighted by Crippen LogP contribution is -2.61. The molecule has 2 N–H and O–H groups in total. The molecule has 2 heterocycles. The SMILES string of the molecule is [N-]=[N+]=NC1C(O)[C@@H]2OC(c3ccccc3)OCC2O[C@@H]1O. The molecule has 4 unspecified atom stereocenters. The summed E-state index contributed by atoms with van der Waals surface area (Å²) in [4.78, 5) is 2.61. The predicted octanol–water partition coefficient (Wildman–Crippen LogP) is 0.858. The molecule has 6 atom stereocenters. The molecular weight excluding hydrogens is 278 g/mol. The zero-order chi connectivity index (χ0) is 14.8. The summed E-state index contributed by atoms with van der Waals surface area (Å²) < 4.78 is 16.6. The van der Waals surface area contributed by atoms with E-state index in [0.717, 1.165) is 5.56 Å². The van der Waals surface area contributed by atoms with Gasteiger partial charge < -0.3 is 24.4 Å². The van der Waals surface area contributed by atoms with Crippen LogP contribution in [0.25, 0.3) is 10.4 Å². The van der Waals surface area contributed by atoms with Crippen LogP contribution in [0.3, 0.4) is 0 Å². The first-order valence-electron chi connectivity index (χ1n) is 6.58. The van der Waals surface area contributed by atoms with Gasteiger partial charge in [-0.25, -0.2) is 0 Å². The van der Waals surface area contributed by atoms with E-state index < -0.39 is 36.9 Å². The molecule has 0 bridgehead atoms. The monoisotopic (exact) mass is 293 g/mol. The maximum Gasteiger partial charge on any atom is 0.184 e. The summed E-state index contributed by atoms with van der Waals surface area (Å²) in [5, 5.41) is 23.3. The Kier molecular flexibility index (Phi) is 4.07. The van der Waals surface area contributed by atoms with E-state index in [1.165, 1.54) is 0 Å². The van der Waals surface area contributed by atoms with E-state index in [0.29, 0.717) is 0 Å². The number of hydrogen-bond donors (Lipinski definition) is 2. The van der Waals surface area contributed by atoms with Gasteiger partial charge >= 0.3 is 0 Å². The van der Waals surface area contributed by atoms with Crippen molar-refractivity contribution in [1.82, 2.24) is 0 Å². The molecule has 0 saturated carbocycles. The van der Waals surface area contributed by atoms with Gasteiger partial charge in [-0.2, -0.15) is 0 Å². The molecule has 0 amide bonds. The normalized spacial score (nSPS) is 39.1. The standard InChI is InChI=1S/C13H15N3O5/c14-16-15-9-10(17)11-8(20-12(9)18)6-19-13(21-11)7-4-2-1-3-5-7/h1-5,8-13,17-18H,6H2/t8?,9?,10?,11-,12+,13?/m1/s1. The summed E-state index contributed by atoms with van der Waals surface area (Å²) in [6, 6.07) is 8.18. The molecule has 1 aromatic rings.